The summed E-state index contributed by atoms with van der Waals surface area (Å²) in [6.45, 7) is 1.05. The molecule has 8 heteroatoms. The van der Waals surface area contributed by atoms with Gasteiger partial charge in [-0.3, -0.25) is 9.69 Å². The fourth-order valence-corrected chi connectivity index (χ4v) is 2.51. The normalized spacial score (nSPS) is 11.1. The summed E-state index contributed by atoms with van der Waals surface area (Å²) >= 11 is 5.36. The van der Waals surface area contributed by atoms with Crippen LogP contribution in [0.25, 0.3) is 0 Å². The number of carbonyl (C=O) groups is 1. The maximum Gasteiger partial charge on any atom is 0.217 e. The van der Waals surface area contributed by atoms with Crippen LogP contribution in [-0.2, 0) is 31.5 Å². The third-order valence-corrected chi connectivity index (χ3v) is 3.93. The molecule has 1 heterocycles. The van der Waals surface area contributed by atoms with E-state index in [-0.39, 0.29) is 18.1 Å². The Kier molecular flexibility index (Phi) is 5.62. The second-order valence-electron chi connectivity index (χ2n) is 5.51. The summed E-state index contributed by atoms with van der Waals surface area (Å²) < 4.78 is 17.2. The van der Waals surface area contributed by atoms with Crippen molar-refractivity contribution in [3.8, 4) is 0 Å². The van der Waals surface area contributed by atoms with Gasteiger partial charge in [-0.2, -0.15) is 5.10 Å². The number of nitrogens with zero attached hydrogens (tertiary/aromatic N) is 4. The zero-order valence-electron chi connectivity index (χ0n) is 13.2. The van der Waals surface area contributed by atoms with Crippen molar-refractivity contribution in [1.29, 1.82) is 0 Å². The number of hydrogen-bond donors (Lipinski definition) is 1. The van der Waals surface area contributed by atoms with Crippen LogP contribution >= 0.6 is 12.2 Å². The maximum atomic E-state index is 13.2. The summed E-state index contributed by atoms with van der Waals surface area (Å²) in [5.74, 6) is 0.0979. The summed E-state index contributed by atoms with van der Waals surface area (Å²) in [4.78, 5) is 12.9. The Morgan fingerprint density at radius 1 is 1.48 bits per heavy atom. The molecule has 0 atom stereocenters. The molecule has 23 heavy (non-hydrogen) atoms. The molecule has 6 nitrogen and oxygen atoms in total. The average Bonchev–Trinajstić information content (AvgIpc) is 2.73. The van der Waals surface area contributed by atoms with Crippen LogP contribution in [0.1, 0.15) is 17.8 Å². The molecule has 0 fully saturated rings. The summed E-state index contributed by atoms with van der Waals surface area (Å²) in [7, 11) is 3.72. The Bertz CT molecular complexity index is 755. The molecule has 2 rings (SSSR count). The number of amides is 1. The molecule has 1 amide bonds. The summed E-state index contributed by atoms with van der Waals surface area (Å²) in [5, 5.41) is 4.43. The lowest BCUT2D eigenvalue weighted by Crippen LogP contribution is -2.22. The fraction of sp³-hybridized carbons (Fsp3) is 0.400. The highest BCUT2D eigenvalue weighted by Gasteiger charge is 2.10. The van der Waals surface area contributed by atoms with Crippen LogP contribution in [0.5, 0.6) is 0 Å². The van der Waals surface area contributed by atoms with E-state index in [1.807, 2.05) is 25.1 Å². The molecule has 0 bridgehead atoms. The monoisotopic (exact) mass is 337 g/mol. The molecular weight excluding hydrogens is 317 g/mol. The van der Waals surface area contributed by atoms with Gasteiger partial charge in [-0.25, -0.2) is 9.07 Å². The molecule has 0 saturated heterocycles. The zero-order valence-corrected chi connectivity index (χ0v) is 14.0. The molecule has 0 unspecified atom stereocenters. The quantitative estimate of drug-likeness (QED) is 0.779. The van der Waals surface area contributed by atoms with E-state index in [4.69, 9.17) is 18.0 Å². The first-order valence-corrected chi connectivity index (χ1v) is 7.61. The third-order valence-electron chi connectivity index (χ3n) is 3.44. The highest BCUT2D eigenvalue weighted by Crippen LogP contribution is 2.08. The van der Waals surface area contributed by atoms with Crippen molar-refractivity contribution in [2.45, 2.75) is 26.1 Å². The van der Waals surface area contributed by atoms with Gasteiger partial charge >= 0.3 is 0 Å². The Hall–Kier alpha value is -2.06. The number of hydrogen-bond acceptors (Lipinski definition) is 4. The number of aryl methyl sites for hydroxylation is 1. The molecule has 1 aromatic heterocycles. The smallest absolute Gasteiger partial charge is 0.217 e. The summed E-state index contributed by atoms with van der Waals surface area (Å²) in [5.41, 5.74) is 6.05. The van der Waals surface area contributed by atoms with E-state index in [0.717, 1.165) is 5.56 Å². The number of rotatable bonds is 7. The fourth-order valence-electron chi connectivity index (χ4n) is 2.30. The average molecular weight is 337 g/mol. The van der Waals surface area contributed by atoms with Crippen molar-refractivity contribution < 1.29 is 9.18 Å². The molecule has 0 aliphatic heterocycles. The number of benzene rings is 1. The lowest BCUT2D eigenvalue weighted by Gasteiger charge is -2.16. The van der Waals surface area contributed by atoms with E-state index in [0.29, 0.717) is 30.2 Å². The van der Waals surface area contributed by atoms with E-state index in [1.165, 1.54) is 12.1 Å². The number of nitrogens with two attached hydrogens (primary N) is 1. The molecule has 0 aliphatic carbocycles. The Labute approximate surface area is 139 Å². The van der Waals surface area contributed by atoms with E-state index >= 15 is 0 Å². The van der Waals surface area contributed by atoms with Crippen LogP contribution in [0.15, 0.2) is 24.3 Å². The Morgan fingerprint density at radius 2 is 2.22 bits per heavy atom. The van der Waals surface area contributed by atoms with Gasteiger partial charge < -0.3 is 10.3 Å². The van der Waals surface area contributed by atoms with Crippen molar-refractivity contribution in [1.82, 2.24) is 19.2 Å². The largest absolute Gasteiger partial charge is 0.370 e. The highest BCUT2D eigenvalue weighted by atomic mass is 32.1. The highest BCUT2D eigenvalue weighted by molar-refractivity contribution is 7.71. The first kappa shape index (κ1) is 17.3. The first-order valence-electron chi connectivity index (χ1n) is 7.21. The van der Waals surface area contributed by atoms with Crippen LogP contribution in [0.2, 0.25) is 0 Å². The molecule has 1 aromatic carbocycles. The molecule has 0 radical (unpaired) electrons. The second-order valence-corrected chi connectivity index (χ2v) is 5.87. The predicted octanol–water partition coefficient (Wildman–Crippen LogP) is 1.60. The van der Waals surface area contributed by atoms with Crippen LogP contribution in [0.3, 0.4) is 0 Å². The maximum absolute atomic E-state index is 13.2. The lowest BCUT2D eigenvalue weighted by molar-refractivity contribution is -0.118. The van der Waals surface area contributed by atoms with Crippen molar-refractivity contribution in [2.24, 2.45) is 12.8 Å². The Balaban J connectivity index is 2.06. The molecule has 0 aliphatic rings. The van der Waals surface area contributed by atoms with Crippen LogP contribution in [-0.4, -0.2) is 32.2 Å². The van der Waals surface area contributed by atoms with Crippen LogP contribution in [0.4, 0.5) is 4.39 Å². The van der Waals surface area contributed by atoms with Crippen LogP contribution < -0.4 is 5.73 Å². The topological polar surface area (TPSA) is 69.1 Å². The van der Waals surface area contributed by atoms with E-state index < -0.39 is 0 Å². The van der Waals surface area contributed by atoms with Crippen molar-refractivity contribution in [2.75, 3.05) is 7.05 Å². The number of primary amides is 1. The summed E-state index contributed by atoms with van der Waals surface area (Å²) in [6, 6.07) is 6.48. The van der Waals surface area contributed by atoms with Gasteiger partial charge in [0.2, 0.25) is 5.91 Å². The molecular formula is C15H20FN5OS. The number of halogens is 1. The van der Waals surface area contributed by atoms with Gasteiger partial charge in [0.05, 0.1) is 6.67 Å². The molecule has 0 spiro atoms. The van der Waals surface area contributed by atoms with Gasteiger partial charge in [0, 0.05) is 26.4 Å². The van der Waals surface area contributed by atoms with Crippen LogP contribution in [0, 0.1) is 10.6 Å². The predicted molar refractivity (Wildman–Crippen MR) is 87.4 cm³/mol. The van der Waals surface area contributed by atoms with Gasteiger partial charge in [0.1, 0.15) is 11.6 Å². The number of carbonyl (C=O) groups excluding carboxylic acids is 1. The van der Waals surface area contributed by atoms with E-state index in [9.17, 15) is 9.18 Å². The van der Waals surface area contributed by atoms with Gasteiger partial charge in [-0.1, -0.05) is 12.1 Å². The van der Waals surface area contributed by atoms with Gasteiger partial charge in [-0.05, 0) is 37.0 Å². The number of aromatic nitrogens is 3. The van der Waals surface area contributed by atoms with Gasteiger partial charge in [0.25, 0.3) is 0 Å². The van der Waals surface area contributed by atoms with Crippen molar-refractivity contribution >= 4 is 18.1 Å². The molecule has 2 aromatic rings. The van der Waals surface area contributed by atoms with E-state index in [1.54, 1.807) is 15.3 Å². The van der Waals surface area contributed by atoms with E-state index in [2.05, 4.69) is 5.10 Å². The molecule has 124 valence electrons. The zero-order chi connectivity index (χ0) is 17.0. The van der Waals surface area contributed by atoms with Crippen molar-refractivity contribution in [3.63, 3.8) is 0 Å². The minimum atomic E-state index is -0.367. The first-order chi connectivity index (χ1) is 10.9. The van der Waals surface area contributed by atoms with Crippen molar-refractivity contribution in [3.05, 3.63) is 46.2 Å². The Morgan fingerprint density at radius 3 is 2.87 bits per heavy atom. The third kappa shape index (κ3) is 4.70. The lowest BCUT2D eigenvalue weighted by atomic mass is 10.2. The minimum absolute atomic E-state index is 0.235. The summed E-state index contributed by atoms with van der Waals surface area (Å²) in [6.07, 6.45) is 0.689. The SMILES string of the molecule is CN(Cc1cccc(F)c1)Cn1nc(CCC(N)=O)n(C)c1=S. The van der Waals surface area contributed by atoms with Gasteiger partial charge in [-0.15, -0.1) is 0 Å². The molecule has 0 saturated carbocycles. The molecule has 2 N–H and O–H groups in total. The minimum Gasteiger partial charge on any atom is -0.370 e. The van der Waals surface area contributed by atoms with Gasteiger partial charge in [0.15, 0.2) is 4.77 Å². The second kappa shape index (κ2) is 7.47. The standard InChI is InChI=1S/C15H20FN5OS/c1-19(9-11-4-3-5-12(16)8-11)10-21-15(23)20(2)14(18-21)7-6-13(17)22/h3-5,8H,6-7,9-10H2,1-2H3,(H2,17,22).